The Kier molecular flexibility index (Phi) is 3.01. The molecule has 0 saturated heterocycles. The molecule has 3 N–H and O–H groups in total. The Morgan fingerprint density at radius 3 is 2.53 bits per heavy atom. The summed E-state index contributed by atoms with van der Waals surface area (Å²) in [4.78, 5) is 25.2. The largest absolute Gasteiger partial charge is 0.506 e. The molecule has 0 aliphatic heterocycles. The van der Waals surface area contributed by atoms with Gasteiger partial charge in [-0.05, 0) is 6.92 Å². The zero-order valence-corrected chi connectivity index (χ0v) is 7.89. The fourth-order valence-corrected chi connectivity index (χ4v) is 1.12. The molecule has 1 rings (SSSR count). The van der Waals surface area contributed by atoms with Crippen LogP contribution >= 0.6 is 0 Å². The molecule has 0 saturated carbocycles. The van der Waals surface area contributed by atoms with Crippen molar-refractivity contribution in [3.05, 3.63) is 23.0 Å². The Bertz CT molecular complexity index is 427. The minimum Gasteiger partial charge on any atom is -0.506 e. The van der Waals surface area contributed by atoms with Gasteiger partial charge in [-0.1, -0.05) is 0 Å². The van der Waals surface area contributed by atoms with Gasteiger partial charge in [0.2, 0.25) is 0 Å². The zero-order chi connectivity index (χ0) is 11.6. The Balaban J connectivity index is 3.37. The number of hydrogen-bond acceptors (Lipinski definition) is 5. The van der Waals surface area contributed by atoms with Gasteiger partial charge in [-0.15, -0.1) is 0 Å². The van der Waals surface area contributed by atoms with E-state index in [0.717, 1.165) is 6.20 Å². The monoisotopic (exact) mass is 211 g/mol. The molecule has 0 radical (unpaired) electrons. The molecular formula is C9H9NO5. The van der Waals surface area contributed by atoms with Crippen LogP contribution in [0.5, 0.6) is 5.75 Å². The normalized spacial score (nSPS) is 10.0. The number of pyridine rings is 1. The van der Waals surface area contributed by atoms with Crippen LogP contribution in [0.15, 0.2) is 6.20 Å². The Morgan fingerprint density at radius 1 is 1.47 bits per heavy atom. The number of aliphatic hydroxyl groups excluding tert-OH is 1. The molecule has 6 heteroatoms. The molecule has 1 aromatic rings. The van der Waals surface area contributed by atoms with E-state index in [2.05, 4.69) is 4.98 Å². The van der Waals surface area contributed by atoms with Crippen molar-refractivity contribution in [2.24, 2.45) is 0 Å². The fourth-order valence-electron chi connectivity index (χ4n) is 1.12. The number of nitrogens with zero attached hydrogens (tertiary/aromatic N) is 1. The molecule has 6 nitrogen and oxygen atoms in total. The summed E-state index contributed by atoms with van der Waals surface area (Å²) in [5.41, 5.74) is -0.191. The van der Waals surface area contributed by atoms with Crippen LogP contribution in [0, 0.1) is 6.92 Å². The van der Waals surface area contributed by atoms with Gasteiger partial charge in [0, 0.05) is 11.8 Å². The van der Waals surface area contributed by atoms with E-state index < -0.39 is 18.4 Å². The van der Waals surface area contributed by atoms with E-state index in [0.29, 0.717) is 0 Å². The Hall–Kier alpha value is -1.95. The van der Waals surface area contributed by atoms with E-state index in [9.17, 15) is 14.7 Å². The number of carbonyl (C=O) groups is 2. The summed E-state index contributed by atoms with van der Waals surface area (Å²) < 4.78 is 0. The van der Waals surface area contributed by atoms with E-state index in [1.54, 1.807) is 0 Å². The van der Waals surface area contributed by atoms with Crippen molar-refractivity contribution < 1.29 is 24.9 Å². The zero-order valence-electron chi connectivity index (χ0n) is 7.89. The average Bonchev–Trinajstić information content (AvgIpc) is 2.20. The summed E-state index contributed by atoms with van der Waals surface area (Å²) in [6, 6.07) is 0. The molecule has 0 aromatic carbocycles. The number of carboxylic acids is 1. The van der Waals surface area contributed by atoms with Crippen LogP contribution in [0.3, 0.4) is 0 Å². The number of hydrogen-bond donors (Lipinski definition) is 3. The molecule has 0 atom stereocenters. The first kappa shape index (κ1) is 11.1. The van der Waals surface area contributed by atoms with Gasteiger partial charge in [0.15, 0.2) is 0 Å². The van der Waals surface area contributed by atoms with Crippen molar-refractivity contribution >= 4 is 11.8 Å². The van der Waals surface area contributed by atoms with Crippen molar-refractivity contribution in [3.63, 3.8) is 0 Å². The van der Waals surface area contributed by atoms with Gasteiger partial charge in [-0.2, -0.15) is 0 Å². The summed E-state index contributed by atoms with van der Waals surface area (Å²) >= 11 is 0. The van der Waals surface area contributed by atoms with Crippen molar-refractivity contribution in [2.45, 2.75) is 13.5 Å². The summed E-state index contributed by atoms with van der Waals surface area (Å²) in [5.74, 6) is -3.22. The molecule has 1 heterocycles. The number of aromatic nitrogens is 1. The average molecular weight is 211 g/mol. The van der Waals surface area contributed by atoms with E-state index in [-0.39, 0.29) is 22.6 Å². The van der Waals surface area contributed by atoms with Gasteiger partial charge in [0.1, 0.15) is 5.75 Å². The van der Waals surface area contributed by atoms with Crippen LogP contribution in [-0.2, 0) is 11.4 Å². The fraction of sp³-hybridized carbons (Fsp3) is 0.222. The molecule has 15 heavy (non-hydrogen) atoms. The first-order valence-corrected chi connectivity index (χ1v) is 4.05. The molecule has 80 valence electrons. The Labute approximate surface area is 84.8 Å². The first-order chi connectivity index (χ1) is 6.99. The molecule has 0 aliphatic rings. The van der Waals surface area contributed by atoms with Gasteiger partial charge in [0.05, 0.1) is 17.9 Å². The van der Waals surface area contributed by atoms with Crippen molar-refractivity contribution in [1.82, 2.24) is 4.98 Å². The predicted molar refractivity (Wildman–Crippen MR) is 48.5 cm³/mol. The van der Waals surface area contributed by atoms with Gasteiger partial charge < -0.3 is 15.3 Å². The highest BCUT2D eigenvalue weighted by Crippen LogP contribution is 2.23. The van der Waals surface area contributed by atoms with Crippen LogP contribution in [0.4, 0.5) is 0 Å². The van der Waals surface area contributed by atoms with Crippen molar-refractivity contribution in [3.8, 4) is 5.75 Å². The third-order valence-corrected chi connectivity index (χ3v) is 1.94. The number of aliphatic hydroxyl groups is 1. The van der Waals surface area contributed by atoms with Crippen molar-refractivity contribution in [1.29, 1.82) is 0 Å². The minimum atomic E-state index is -1.66. The SMILES string of the molecule is Cc1ncc(C(=O)C(=O)O)c(CO)c1O. The lowest BCUT2D eigenvalue weighted by atomic mass is 10.0. The van der Waals surface area contributed by atoms with E-state index in [1.807, 2.05) is 0 Å². The number of aromatic hydroxyl groups is 1. The lowest BCUT2D eigenvalue weighted by molar-refractivity contribution is -0.131. The van der Waals surface area contributed by atoms with E-state index in [4.69, 9.17) is 10.2 Å². The maximum absolute atomic E-state index is 11.1. The number of ketones is 1. The molecular weight excluding hydrogens is 202 g/mol. The van der Waals surface area contributed by atoms with Crippen LogP contribution in [0.2, 0.25) is 0 Å². The molecule has 1 aromatic heterocycles. The highest BCUT2D eigenvalue weighted by atomic mass is 16.4. The number of rotatable bonds is 3. The maximum atomic E-state index is 11.1. The number of aryl methyl sites for hydroxylation is 1. The standard InChI is InChI=1S/C9H9NO5/c1-4-7(12)6(3-11)5(2-10-4)8(13)9(14)15/h2,11-12H,3H2,1H3,(H,14,15). The molecule has 0 bridgehead atoms. The van der Waals surface area contributed by atoms with E-state index in [1.165, 1.54) is 6.92 Å². The van der Waals surface area contributed by atoms with Crippen LogP contribution in [-0.4, -0.2) is 32.1 Å². The van der Waals surface area contributed by atoms with Crippen LogP contribution in [0.1, 0.15) is 21.6 Å². The smallest absolute Gasteiger partial charge is 0.377 e. The third-order valence-electron chi connectivity index (χ3n) is 1.94. The second kappa shape index (κ2) is 4.05. The van der Waals surface area contributed by atoms with Gasteiger partial charge >= 0.3 is 5.97 Å². The molecule has 0 fully saturated rings. The summed E-state index contributed by atoms with van der Waals surface area (Å²) in [6.45, 7) is 0.854. The third kappa shape index (κ3) is 1.94. The van der Waals surface area contributed by atoms with Gasteiger partial charge in [-0.3, -0.25) is 9.78 Å². The second-order valence-corrected chi connectivity index (χ2v) is 2.88. The van der Waals surface area contributed by atoms with Gasteiger partial charge in [0.25, 0.3) is 5.78 Å². The second-order valence-electron chi connectivity index (χ2n) is 2.88. The predicted octanol–water partition coefficient (Wildman–Crippen LogP) is -0.145. The molecule has 0 unspecified atom stereocenters. The maximum Gasteiger partial charge on any atom is 0.377 e. The number of carboxylic acid groups (broad SMARTS) is 1. The molecule has 0 aliphatic carbocycles. The van der Waals surface area contributed by atoms with Crippen molar-refractivity contribution in [2.75, 3.05) is 0 Å². The first-order valence-electron chi connectivity index (χ1n) is 4.05. The van der Waals surface area contributed by atoms with Gasteiger partial charge in [-0.25, -0.2) is 4.79 Å². The lowest BCUT2D eigenvalue weighted by Crippen LogP contribution is -2.16. The number of Topliss-reactive ketones (excluding diaryl/α,β-unsaturated/α-hetero) is 1. The minimum absolute atomic E-state index is 0.116. The molecule has 0 spiro atoms. The Morgan fingerprint density at radius 2 is 2.07 bits per heavy atom. The lowest BCUT2D eigenvalue weighted by Gasteiger charge is -2.07. The van der Waals surface area contributed by atoms with Crippen LogP contribution < -0.4 is 0 Å². The summed E-state index contributed by atoms with van der Waals surface area (Å²) in [7, 11) is 0. The van der Waals surface area contributed by atoms with E-state index >= 15 is 0 Å². The number of carbonyl (C=O) groups excluding carboxylic acids is 1. The summed E-state index contributed by atoms with van der Waals surface area (Å²) in [6.07, 6.45) is 1.02. The van der Waals surface area contributed by atoms with Crippen LogP contribution in [0.25, 0.3) is 0 Å². The highest BCUT2D eigenvalue weighted by molar-refractivity contribution is 6.40. The topological polar surface area (TPSA) is 108 Å². The highest BCUT2D eigenvalue weighted by Gasteiger charge is 2.21. The summed E-state index contributed by atoms with van der Waals surface area (Å²) in [5, 5.41) is 26.8. The number of aliphatic carboxylic acids is 1. The quantitative estimate of drug-likeness (QED) is 0.474. The molecule has 0 amide bonds.